The summed E-state index contributed by atoms with van der Waals surface area (Å²) in [5.74, 6) is 0.793. The van der Waals surface area contributed by atoms with Crippen molar-refractivity contribution >= 4 is 11.7 Å². The van der Waals surface area contributed by atoms with Crippen LogP contribution in [0.25, 0.3) is 0 Å². The fourth-order valence-corrected chi connectivity index (χ4v) is 3.29. The molecule has 1 aliphatic rings. The van der Waals surface area contributed by atoms with Gasteiger partial charge in [0.1, 0.15) is 6.04 Å². The maximum Gasteiger partial charge on any atom is 0.326 e. The third-order valence-electron chi connectivity index (χ3n) is 4.45. The first kappa shape index (κ1) is 17.0. The third-order valence-corrected chi connectivity index (χ3v) is 4.45. The predicted octanol–water partition coefficient (Wildman–Crippen LogP) is 2.73. The van der Waals surface area contributed by atoms with E-state index in [0.717, 1.165) is 16.8 Å². The summed E-state index contributed by atoms with van der Waals surface area (Å²) in [4.78, 5) is 13.6. The second-order valence-corrected chi connectivity index (χ2v) is 5.85. The monoisotopic (exact) mass is 343 g/mol. The van der Waals surface area contributed by atoms with Crippen LogP contribution >= 0.6 is 0 Å². The lowest BCUT2D eigenvalue weighted by atomic mass is 10.1. The SMILES string of the molecule is COc1cc(CN2c3ccccc3CC2C(=O)O)cc(OC)c1OC. The Morgan fingerprint density at radius 2 is 1.76 bits per heavy atom. The molecule has 0 aromatic heterocycles. The molecule has 3 rings (SSSR count). The number of nitrogens with zero attached hydrogens (tertiary/aromatic N) is 1. The number of carboxylic acids is 1. The Hall–Kier alpha value is -2.89. The summed E-state index contributed by atoms with van der Waals surface area (Å²) in [5, 5.41) is 9.61. The minimum absolute atomic E-state index is 0.435. The van der Waals surface area contributed by atoms with E-state index < -0.39 is 12.0 Å². The normalized spacial score (nSPS) is 15.6. The van der Waals surface area contributed by atoms with Crippen molar-refractivity contribution in [3.05, 3.63) is 47.5 Å². The van der Waals surface area contributed by atoms with Crippen molar-refractivity contribution in [1.82, 2.24) is 0 Å². The van der Waals surface area contributed by atoms with Crippen molar-refractivity contribution in [3.63, 3.8) is 0 Å². The van der Waals surface area contributed by atoms with E-state index in [2.05, 4.69) is 0 Å². The molecule has 2 aromatic carbocycles. The molecule has 25 heavy (non-hydrogen) atoms. The lowest BCUT2D eigenvalue weighted by molar-refractivity contribution is -0.138. The summed E-state index contributed by atoms with van der Waals surface area (Å²) in [6.45, 7) is 0.435. The standard InChI is InChI=1S/C19H21NO5/c1-23-16-8-12(9-17(24-2)18(16)25-3)11-20-14-7-5-4-6-13(14)10-15(20)19(21)22/h4-9,15H,10-11H2,1-3H3,(H,21,22). The van der Waals surface area contributed by atoms with E-state index in [1.54, 1.807) is 21.3 Å². The molecular weight excluding hydrogens is 322 g/mol. The quantitative estimate of drug-likeness (QED) is 0.870. The molecule has 1 aliphatic heterocycles. The van der Waals surface area contributed by atoms with Crippen LogP contribution in [0.4, 0.5) is 5.69 Å². The van der Waals surface area contributed by atoms with Gasteiger partial charge in [-0.05, 0) is 29.3 Å². The zero-order valence-corrected chi connectivity index (χ0v) is 14.5. The molecule has 1 atom stereocenters. The first-order valence-corrected chi connectivity index (χ1v) is 7.95. The highest BCUT2D eigenvalue weighted by molar-refractivity contribution is 5.82. The molecule has 2 aromatic rings. The third kappa shape index (κ3) is 3.07. The zero-order chi connectivity index (χ0) is 18.0. The van der Waals surface area contributed by atoms with E-state index in [-0.39, 0.29) is 0 Å². The van der Waals surface area contributed by atoms with Crippen LogP contribution in [0.5, 0.6) is 17.2 Å². The van der Waals surface area contributed by atoms with Gasteiger partial charge in [0.05, 0.1) is 21.3 Å². The number of rotatable bonds is 6. The Kier molecular flexibility index (Phi) is 4.70. The molecule has 6 heteroatoms. The van der Waals surface area contributed by atoms with E-state index in [0.29, 0.717) is 30.2 Å². The summed E-state index contributed by atoms with van der Waals surface area (Å²) in [6.07, 6.45) is 0.496. The summed E-state index contributed by atoms with van der Waals surface area (Å²) >= 11 is 0. The van der Waals surface area contributed by atoms with E-state index in [4.69, 9.17) is 14.2 Å². The van der Waals surface area contributed by atoms with E-state index in [1.807, 2.05) is 41.3 Å². The minimum atomic E-state index is -0.830. The molecular formula is C19H21NO5. The first-order chi connectivity index (χ1) is 12.1. The van der Waals surface area contributed by atoms with Crippen molar-refractivity contribution in [3.8, 4) is 17.2 Å². The number of carbonyl (C=O) groups is 1. The zero-order valence-electron chi connectivity index (χ0n) is 14.5. The Bertz CT molecular complexity index is 764. The average molecular weight is 343 g/mol. The molecule has 0 radical (unpaired) electrons. The average Bonchev–Trinajstić information content (AvgIpc) is 2.99. The summed E-state index contributed by atoms with van der Waals surface area (Å²) < 4.78 is 16.1. The van der Waals surface area contributed by atoms with Gasteiger partial charge < -0.3 is 24.2 Å². The van der Waals surface area contributed by atoms with Crippen molar-refractivity contribution in [2.24, 2.45) is 0 Å². The molecule has 0 fully saturated rings. The summed E-state index contributed by atoms with van der Waals surface area (Å²) in [7, 11) is 4.68. The van der Waals surface area contributed by atoms with Crippen molar-refractivity contribution in [2.75, 3.05) is 26.2 Å². The van der Waals surface area contributed by atoms with Crippen LogP contribution in [-0.4, -0.2) is 38.4 Å². The number of carboxylic acid groups (broad SMARTS) is 1. The summed E-state index contributed by atoms with van der Waals surface area (Å²) in [5.41, 5.74) is 2.88. The van der Waals surface area contributed by atoms with Gasteiger partial charge >= 0.3 is 5.97 Å². The molecule has 0 saturated heterocycles. The minimum Gasteiger partial charge on any atom is -0.493 e. The van der Waals surface area contributed by atoms with Gasteiger partial charge in [-0.15, -0.1) is 0 Å². The number of fused-ring (bicyclic) bond motifs is 1. The van der Waals surface area contributed by atoms with Gasteiger partial charge in [0.25, 0.3) is 0 Å². The molecule has 1 N–H and O–H groups in total. The van der Waals surface area contributed by atoms with Gasteiger partial charge in [-0.25, -0.2) is 4.79 Å². The number of benzene rings is 2. The van der Waals surface area contributed by atoms with Gasteiger partial charge in [-0.1, -0.05) is 18.2 Å². The highest BCUT2D eigenvalue weighted by atomic mass is 16.5. The maximum atomic E-state index is 11.7. The second kappa shape index (κ2) is 6.93. The molecule has 1 unspecified atom stereocenters. The van der Waals surface area contributed by atoms with Gasteiger partial charge in [-0.2, -0.15) is 0 Å². The highest BCUT2D eigenvalue weighted by Gasteiger charge is 2.34. The second-order valence-electron chi connectivity index (χ2n) is 5.85. The fourth-order valence-electron chi connectivity index (χ4n) is 3.29. The number of methoxy groups -OCH3 is 3. The van der Waals surface area contributed by atoms with Crippen LogP contribution in [0.15, 0.2) is 36.4 Å². The smallest absolute Gasteiger partial charge is 0.326 e. The number of anilines is 1. The van der Waals surface area contributed by atoms with Crippen molar-refractivity contribution in [2.45, 2.75) is 19.0 Å². The van der Waals surface area contributed by atoms with E-state index in [9.17, 15) is 9.90 Å². The molecule has 0 amide bonds. The Morgan fingerprint density at radius 1 is 1.12 bits per heavy atom. The maximum absolute atomic E-state index is 11.7. The highest BCUT2D eigenvalue weighted by Crippen LogP contribution is 2.40. The van der Waals surface area contributed by atoms with Crippen molar-refractivity contribution in [1.29, 1.82) is 0 Å². The van der Waals surface area contributed by atoms with Crippen LogP contribution < -0.4 is 19.1 Å². The van der Waals surface area contributed by atoms with E-state index in [1.165, 1.54) is 0 Å². The lowest BCUT2D eigenvalue weighted by Gasteiger charge is -2.25. The van der Waals surface area contributed by atoms with Crippen LogP contribution in [0.1, 0.15) is 11.1 Å². The number of aliphatic carboxylic acids is 1. The number of ether oxygens (including phenoxy) is 3. The molecule has 0 saturated carbocycles. The van der Waals surface area contributed by atoms with Crippen LogP contribution in [-0.2, 0) is 17.8 Å². The number of para-hydroxylation sites is 1. The molecule has 0 bridgehead atoms. The largest absolute Gasteiger partial charge is 0.493 e. The molecule has 132 valence electrons. The number of hydrogen-bond acceptors (Lipinski definition) is 5. The first-order valence-electron chi connectivity index (χ1n) is 7.95. The van der Waals surface area contributed by atoms with Gasteiger partial charge in [0.15, 0.2) is 11.5 Å². The van der Waals surface area contributed by atoms with Crippen LogP contribution in [0.2, 0.25) is 0 Å². The van der Waals surface area contributed by atoms with E-state index >= 15 is 0 Å². The van der Waals surface area contributed by atoms with Gasteiger partial charge in [-0.3, -0.25) is 0 Å². The van der Waals surface area contributed by atoms with Crippen LogP contribution in [0.3, 0.4) is 0 Å². The topological polar surface area (TPSA) is 68.2 Å². The Labute approximate surface area is 146 Å². The fraction of sp³-hybridized carbons (Fsp3) is 0.316. The van der Waals surface area contributed by atoms with Crippen LogP contribution in [0, 0.1) is 0 Å². The molecule has 1 heterocycles. The number of hydrogen-bond donors (Lipinski definition) is 1. The molecule has 0 spiro atoms. The Morgan fingerprint density at radius 3 is 2.32 bits per heavy atom. The predicted molar refractivity (Wildman–Crippen MR) is 93.9 cm³/mol. The molecule has 0 aliphatic carbocycles. The lowest BCUT2D eigenvalue weighted by Crippen LogP contribution is -2.38. The van der Waals surface area contributed by atoms with Crippen molar-refractivity contribution < 1.29 is 24.1 Å². The van der Waals surface area contributed by atoms with Gasteiger partial charge in [0, 0.05) is 18.7 Å². The summed E-state index contributed by atoms with van der Waals surface area (Å²) in [6, 6.07) is 10.9. The molecule has 6 nitrogen and oxygen atoms in total. The van der Waals surface area contributed by atoms with Gasteiger partial charge in [0.2, 0.25) is 5.75 Å². The Balaban J connectivity index is 1.99.